The lowest BCUT2D eigenvalue weighted by atomic mass is 10.0. The molecule has 1 aliphatic carbocycles. The molecule has 1 atom stereocenters. The van der Waals surface area contributed by atoms with Gasteiger partial charge in [0.05, 0.1) is 0 Å². The van der Waals surface area contributed by atoms with E-state index in [0.717, 1.165) is 51.7 Å². The third-order valence-electron chi connectivity index (χ3n) is 4.73. The predicted molar refractivity (Wildman–Crippen MR) is 83.4 cm³/mol. The Morgan fingerprint density at radius 2 is 1.81 bits per heavy atom. The Morgan fingerprint density at radius 3 is 2.38 bits per heavy atom. The van der Waals surface area contributed by atoms with Crippen LogP contribution in [0.25, 0.3) is 0 Å². The van der Waals surface area contributed by atoms with Crippen LogP contribution in [0.1, 0.15) is 44.9 Å². The van der Waals surface area contributed by atoms with Crippen LogP contribution in [-0.4, -0.2) is 48.4 Å². The summed E-state index contributed by atoms with van der Waals surface area (Å²) in [6.07, 6.45) is 6.87. The number of carbonyl (C=O) groups is 2. The third kappa shape index (κ3) is 4.58. The fourth-order valence-corrected chi connectivity index (χ4v) is 3.21. The van der Waals surface area contributed by atoms with Gasteiger partial charge in [-0.25, -0.2) is 0 Å². The lowest BCUT2D eigenvalue weighted by molar-refractivity contribution is -0.132. The molecule has 0 aromatic carbocycles. The smallest absolute Gasteiger partial charge is 0.224 e. The van der Waals surface area contributed by atoms with Crippen molar-refractivity contribution < 1.29 is 9.59 Å². The summed E-state index contributed by atoms with van der Waals surface area (Å²) in [5, 5.41) is 6.50. The van der Waals surface area contributed by atoms with E-state index in [9.17, 15) is 9.59 Å². The van der Waals surface area contributed by atoms with Crippen molar-refractivity contribution in [1.82, 2.24) is 15.5 Å². The standard InChI is InChI=1S/C15H25N3O2.ClH/c19-14(10-13-2-1-7-16-13)18-8-5-12(6-9-18)17-15(20)11-3-4-11;/h11-13,16H,1-10H2,(H,17,20);1H. The minimum atomic E-state index is 0. The molecule has 120 valence electrons. The molecule has 1 unspecified atom stereocenters. The van der Waals surface area contributed by atoms with E-state index in [-0.39, 0.29) is 36.2 Å². The number of amides is 2. The molecule has 0 bridgehead atoms. The van der Waals surface area contributed by atoms with Crippen LogP contribution in [0.4, 0.5) is 0 Å². The number of likely N-dealkylation sites (tertiary alicyclic amines) is 1. The number of hydrogen-bond donors (Lipinski definition) is 2. The van der Waals surface area contributed by atoms with Crippen LogP contribution in [0, 0.1) is 5.92 Å². The van der Waals surface area contributed by atoms with E-state index in [1.807, 2.05) is 4.90 Å². The molecule has 3 fully saturated rings. The molecule has 2 N–H and O–H groups in total. The van der Waals surface area contributed by atoms with Crippen molar-refractivity contribution in [2.24, 2.45) is 5.92 Å². The Balaban J connectivity index is 0.00000161. The van der Waals surface area contributed by atoms with E-state index >= 15 is 0 Å². The van der Waals surface area contributed by atoms with E-state index in [0.29, 0.717) is 12.5 Å². The highest BCUT2D eigenvalue weighted by atomic mass is 35.5. The first-order valence-corrected chi connectivity index (χ1v) is 8.04. The first-order valence-electron chi connectivity index (χ1n) is 8.04. The van der Waals surface area contributed by atoms with Gasteiger partial charge in [0.1, 0.15) is 0 Å². The molecule has 0 radical (unpaired) electrons. The van der Waals surface area contributed by atoms with Crippen LogP contribution in [0.3, 0.4) is 0 Å². The first kappa shape index (κ1) is 16.6. The summed E-state index contributed by atoms with van der Waals surface area (Å²) in [6, 6.07) is 0.659. The number of piperidine rings is 1. The summed E-state index contributed by atoms with van der Waals surface area (Å²) in [6.45, 7) is 2.63. The molecule has 3 rings (SSSR count). The summed E-state index contributed by atoms with van der Waals surface area (Å²) in [7, 11) is 0. The largest absolute Gasteiger partial charge is 0.353 e. The van der Waals surface area contributed by atoms with Gasteiger partial charge in [-0.15, -0.1) is 12.4 Å². The highest BCUT2D eigenvalue weighted by molar-refractivity contribution is 5.85. The van der Waals surface area contributed by atoms with Crippen LogP contribution in [-0.2, 0) is 9.59 Å². The zero-order valence-electron chi connectivity index (χ0n) is 12.5. The van der Waals surface area contributed by atoms with Gasteiger partial charge in [0.2, 0.25) is 11.8 Å². The number of halogens is 1. The molecule has 6 heteroatoms. The molecular formula is C15H26ClN3O2. The Morgan fingerprint density at radius 1 is 1.10 bits per heavy atom. The molecule has 0 aromatic rings. The molecule has 3 aliphatic rings. The normalized spacial score (nSPS) is 26.3. The lowest BCUT2D eigenvalue weighted by Gasteiger charge is -2.33. The van der Waals surface area contributed by atoms with Gasteiger partial charge in [-0.3, -0.25) is 9.59 Å². The summed E-state index contributed by atoms with van der Waals surface area (Å²) < 4.78 is 0. The maximum Gasteiger partial charge on any atom is 0.224 e. The highest BCUT2D eigenvalue weighted by Gasteiger charge is 2.32. The fraction of sp³-hybridized carbons (Fsp3) is 0.867. The molecule has 2 aliphatic heterocycles. The molecule has 2 amide bonds. The molecule has 5 nitrogen and oxygen atoms in total. The number of rotatable bonds is 4. The molecular weight excluding hydrogens is 290 g/mol. The summed E-state index contributed by atoms with van der Waals surface area (Å²) in [5.41, 5.74) is 0. The average molecular weight is 316 g/mol. The Hall–Kier alpha value is -0.810. The van der Waals surface area contributed by atoms with Crippen molar-refractivity contribution in [3.63, 3.8) is 0 Å². The number of carbonyl (C=O) groups excluding carboxylic acids is 2. The zero-order valence-corrected chi connectivity index (χ0v) is 13.3. The van der Waals surface area contributed by atoms with Gasteiger partial charge in [0.15, 0.2) is 0 Å². The topological polar surface area (TPSA) is 61.4 Å². The van der Waals surface area contributed by atoms with Crippen molar-refractivity contribution in [1.29, 1.82) is 0 Å². The number of nitrogens with one attached hydrogen (secondary N) is 2. The Bertz CT molecular complexity index is 373. The van der Waals surface area contributed by atoms with Crippen molar-refractivity contribution in [2.45, 2.75) is 57.0 Å². The average Bonchev–Trinajstić information content (AvgIpc) is 3.19. The monoisotopic (exact) mass is 315 g/mol. The number of nitrogens with zero attached hydrogens (tertiary/aromatic N) is 1. The van der Waals surface area contributed by atoms with Gasteiger partial charge in [-0.2, -0.15) is 0 Å². The summed E-state index contributed by atoms with van der Waals surface area (Å²) >= 11 is 0. The molecule has 21 heavy (non-hydrogen) atoms. The van der Waals surface area contributed by atoms with E-state index < -0.39 is 0 Å². The number of hydrogen-bond acceptors (Lipinski definition) is 3. The van der Waals surface area contributed by atoms with Gasteiger partial charge in [0, 0.05) is 37.5 Å². The van der Waals surface area contributed by atoms with Gasteiger partial charge in [-0.1, -0.05) is 0 Å². The van der Waals surface area contributed by atoms with Gasteiger partial charge >= 0.3 is 0 Å². The quantitative estimate of drug-likeness (QED) is 0.816. The zero-order chi connectivity index (χ0) is 13.9. The van der Waals surface area contributed by atoms with Gasteiger partial charge < -0.3 is 15.5 Å². The van der Waals surface area contributed by atoms with Gasteiger partial charge in [0.25, 0.3) is 0 Å². The predicted octanol–water partition coefficient (Wildman–Crippen LogP) is 1.07. The minimum Gasteiger partial charge on any atom is -0.353 e. The lowest BCUT2D eigenvalue weighted by Crippen LogP contribution is -2.47. The van der Waals surface area contributed by atoms with E-state index in [4.69, 9.17) is 0 Å². The maximum absolute atomic E-state index is 12.2. The molecule has 0 aromatic heterocycles. The molecule has 1 saturated carbocycles. The fourth-order valence-electron chi connectivity index (χ4n) is 3.21. The minimum absolute atomic E-state index is 0. The second kappa shape index (κ2) is 7.45. The van der Waals surface area contributed by atoms with E-state index in [1.54, 1.807) is 0 Å². The summed E-state index contributed by atoms with van der Waals surface area (Å²) in [5.74, 6) is 0.782. The van der Waals surface area contributed by atoms with E-state index in [2.05, 4.69) is 10.6 Å². The Labute approximate surface area is 132 Å². The maximum atomic E-state index is 12.2. The van der Waals surface area contributed by atoms with Crippen molar-refractivity contribution in [3.8, 4) is 0 Å². The second-order valence-electron chi connectivity index (χ2n) is 6.44. The SMILES string of the molecule is Cl.O=C(NC1CCN(C(=O)CC2CCCN2)CC1)C1CC1. The Kier molecular flexibility index (Phi) is 5.88. The van der Waals surface area contributed by atoms with Crippen LogP contribution >= 0.6 is 12.4 Å². The third-order valence-corrected chi connectivity index (χ3v) is 4.73. The van der Waals surface area contributed by atoms with Crippen LogP contribution in [0.15, 0.2) is 0 Å². The van der Waals surface area contributed by atoms with Crippen LogP contribution < -0.4 is 10.6 Å². The molecule has 2 heterocycles. The highest BCUT2D eigenvalue weighted by Crippen LogP contribution is 2.29. The van der Waals surface area contributed by atoms with Gasteiger partial charge in [-0.05, 0) is 45.1 Å². The first-order chi connectivity index (χ1) is 9.72. The summed E-state index contributed by atoms with van der Waals surface area (Å²) in [4.78, 5) is 25.9. The molecule has 2 saturated heterocycles. The van der Waals surface area contributed by atoms with Crippen molar-refractivity contribution in [3.05, 3.63) is 0 Å². The van der Waals surface area contributed by atoms with Crippen molar-refractivity contribution in [2.75, 3.05) is 19.6 Å². The van der Waals surface area contributed by atoms with Crippen LogP contribution in [0.5, 0.6) is 0 Å². The van der Waals surface area contributed by atoms with Crippen molar-refractivity contribution >= 4 is 24.2 Å². The molecule has 0 spiro atoms. The van der Waals surface area contributed by atoms with Crippen LogP contribution in [0.2, 0.25) is 0 Å². The second-order valence-corrected chi connectivity index (χ2v) is 6.44. The van der Waals surface area contributed by atoms with E-state index in [1.165, 1.54) is 6.42 Å².